The number of likely N-dealkylation sites (N-methyl/N-ethyl adjacent to an activating group) is 2. The van der Waals surface area contributed by atoms with Crippen LogP contribution in [0.2, 0.25) is 0 Å². The molecule has 0 bridgehead atoms. The zero-order valence-corrected chi connectivity index (χ0v) is 25.5. The van der Waals surface area contributed by atoms with Crippen molar-refractivity contribution in [3.8, 4) is 0 Å². The predicted octanol–water partition coefficient (Wildman–Crippen LogP) is 2.14. The standard InChI is InChI=1S/C24H53N5O3.2C2H6/c1-5-25(11-15-28(21-23(3)31)17-13-26(6-2)19-20-30)12-16-29(22-24(4)32)18-14-27-9-7-8-10-27;2*1-2/h23-24,30-32H,5-22H2,1-4H3;2*1-2H3. The Kier molecular flexibility index (Phi) is 27.6. The van der Waals surface area contributed by atoms with Crippen molar-refractivity contribution >= 4 is 0 Å². The fourth-order valence-electron chi connectivity index (χ4n) is 4.47. The van der Waals surface area contributed by atoms with Crippen LogP contribution < -0.4 is 0 Å². The van der Waals surface area contributed by atoms with Crippen molar-refractivity contribution in [3.63, 3.8) is 0 Å². The molecule has 0 aromatic heterocycles. The number of hydrogen-bond donors (Lipinski definition) is 3. The zero-order valence-electron chi connectivity index (χ0n) is 25.5. The molecule has 1 aliphatic rings. The summed E-state index contributed by atoms with van der Waals surface area (Å²) in [6.07, 6.45) is 1.99. The molecule has 1 saturated heterocycles. The van der Waals surface area contributed by atoms with Gasteiger partial charge in [0.2, 0.25) is 0 Å². The summed E-state index contributed by atoms with van der Waals surface area (Å²) in [5.41, 5.74) is 0. The Bertz CT molecular complexity index is 437. The van der Waals surface area contributed by atoms with E-state index < -0.39 is 0 Å². The molecule has 1 rings (SSSR count). The highest BCUT2D eigenvalue weighted by Crippen LogP contribution is 2.07. The molecule has 0 aromatic rings. The van der Waals surface area contributed by atoms with Gasteiger partial charge in [-0.15, -0.1) is 0 Å². The van der Waals surface area contributed by atoms with Gasteiger partial charge in [0, 0.05) is 72.0 Å². The van der Waals surface area contributed by atoms with E-state index in [1.807, 2.05) is 41.5 Å². The van der Waals surface area contributed by atoms with Crippen molar-refractivity contribution < 1.29 is 15.3 Å². The Morgan fingerprint density at radius 1 is 0.611 bits per heavy atom. The monoisotopic (exact) mass is 520 g/mol. The van der Waals surface area contributed by atoms with Crippen LogP contribution in [0.3, 0.4) is 0 Å². The molecule has 2 unspecified atom stereocenters. The van der Waals surface area contributed by atoms with Crippen LogP contribution in [0.25, 0.3) is 0 Å². The predicted molar refractivity (Wildman–Crippen MR) is 156 cm³/mol. The van der Waals surface area contributed by atoms with Crippen LogP contribution in [0.4, 0.5) is 0 Å². The van der Waals surface area contributed by atoms with E-state index in [1.54, 1.807) is 0 Å². The highest BCUT2D eigenvalue weighted by molar-refractivity contribution is 4.72. The molecule has 1 heterocycles. The van der Waals surface area contributed by atoms with Gasteiger partial charge in [0.05, 0.1) is 18.8 Å². The SMILES string of the molecule is CC.CC.CCN(CCO)CCN(CCN(CC)CCN(CCN1CCCC1)CC(C)O)CC(C)O. The van der Waals surface area contributed by atoms with Crippen LogP contribution in [-0.2, 0) is 0 Å². The second kappa shape index (κ2) is 26.3. The van der Waals surface area contributed by atoms with Crippen molar-refractivity contribution in [2.45, 2.75) is 80.4 Å². The molecule has 36 heavy (non-hydrogen) atoms. The summed E-state index contributed by atoms with van der Waals surface area (Å²) in [5, 5.41) is 29.1. The second-order valence-corrected chi connectivity index (χ2v) is 9.44. The van der Waals surface area contributed by atoms with E-state index in [0.29, 0.717) is 13.1 Å². The molecule has 8 heteroatoms. The average molecular weight is 520 g/mol. The van der Waals surface area contributed by atoms with Gasteiger partial charge in [-0.05, 0) is 52.9 Å². The first kappa shape index (κ1) is 37.8. The Morgan fingerprint density at radius 2 is 0.972 bits per heavy atom. The van der Waals surface area contributed by atoms with E-state index in [-0.39, 0.29) is 18.8 Å². The lowest BCUT2D eigenvalue weighted by Gasteiger charge is -2.32. The largest absolute Gasteiger partial charge is 0.395 e. The van der Waals surface area contributed by atoms with Gasteiger partial charge < -0.3 is 30.0 Å². The van der Waals surface area contributed by atoms with E-state index in [0.717, 1.165) is 72.0 Å². The van der Waals surface area contributed by atoms with Crippen molar-refractivity contribution in [1.82, 2.24) is 24.5 Å². The van der Waals surface area contributed by atoms with E-state index >= 15 is 0 Å². The third-order valence-electron chi connectivity index (χ3n) is 6.48. The molecule has 0 spiro atoms. The van der Waals surface area contributed by atoms with Crippen LogP contribution in [0, 0.1) is 0 Å². The number of hydrogen-bond acceptors (Lipinski definition) is 8. The molecule has 0 saturated carbocycles. The maximum Gasteiger partial charge on any atom is 0.0639 e. The maximum absolute atomic E-state index is 9.94. The summed E-state index contributed by atoms with van der Waals surface area (Å²) in [7, 11) is 0. The molecule has 0 aliphatic carbocycles. The number of aliphatic hydroxyl groups excluding tert-OH is 3. The van der Waals surface area contributed by atoms with Crippen LogP contribution in [0.1, 0.15) is 68.2 Å². The molecule has 1 aliphatic heterocycles. The van der Waals surface area contributed by atoms with E-state index in [1.165, 1.54) is 25.9 Å². The average Bonchev–Trinajstić information content (AvgIpc) is 3.40. The van der Waals surface area contributed by atoms with Gasteiger partial charge in [-0.25, -0.2) is 0 Å². The van der Waals surface area contributed by atoms with Gasteiger partial charge in [0.1, 0.15) is 0 Å². The van der Waals surface area contributed by atoms with Crippen LogP contribution >= 0.6 is 0 Å². The summed E-state index contributed by atoms with van der Waals surface area (Å²) in [5.74, 6) is 0. The third-order valence-corrected chi connectivity index (χ3v) is 6.48. The first-order chi connectivity index (χ1) is 17.4. The van der Waals surface area contributed by atoms with Gasteiger partial charge in [0.15, 0.2) is 0 Å². The summed E-state index contributed by atoms with van der Waals surface area (Å²) in [6, 6.07) is 0. The molecule has 0 amide bonds. The van der Waals surface area contributed by atoms with Crippen LogP contribution in [0.15, 0.2) is 0 Å². The number of aliphatic hydroxyl groups is 3. The van der Waals surface area contributed by atoms with E-state index in [9.17, 15) is 15.3 Å². The summed E-state index contributed by atoms with van der Waals surface area (Å²) in [4.78, 5) is 12.0. The minimum atomic E-state index is -0.342. The Hall–Kier alpha value is -0.320. The molecule has 220 valence electrons. The van der Waals surface area contributed by atoms with Crippen molar-refractivity contribution in [1.29, 1.82) is 0 Å². The smallest absolute Gasteiger partial charge is 0.0639 e. The quantitative estimate of drug-likeness (QED) is 0.226. The van der Waals surface area contributed by atoms with Gasteiger partial charge in [0.25, 0.3) is 0 Å². The van der Waals surface area contributed by atoms with Crippen molar-refractivity contribution in [2.24, 2.45) is 0 Å². The Labute approximate surface area is 225 Å². The molecule has 0 aromatic carbocycles. The normalized spacial score (nSPS) is 15.8. The molecule has 1 fully saturated rings. The molecular formula is C28H65N5O3. The highest BCUT2D eigenvalue weighted by atomic mass is 16.3. The number of nitrogens with zero attached hydrogens (tertiary/aromatic N) is 5. The zero-order chi connectivity index (χ0) is 27.8. The number of rotatable bonds is 20. The molecule has 3 N–H and O–H groups in total. The third kappa shape index (κ3) is 20.7. The minimum absolute atomic E-state index is 0.189. The van der Waals surface area contributed by atoms with Gasteiger partial charge >= 0.3 is 0 Å². The lowest BCUT2D eigenvalue weighted by molar-refractivity contribution is 0.0944. The summed E-state index contributed by atoms with van der Waals surface area (Å²) >= 11 is 0. The molecule has 0 radical (unpaired) electrons. The topological polar surface area (TPSA) is 76.9 Å². The Balaban J connectivity index is 0. The van der Waals surface area contributed by atoms with E-state index in [2.05, 4.69) is 38.3 Å². The second-order valence-electron chi connectivity index (χ2n) is 9.44. The van der Waals surface area contributed by atoms with Crippen molar-refractivity contribution in [3.05, 3.63) is 0 Å². The van der Waals surface area contributed by atoms with Gasteiger partial charge in [-0.3, -0.25) is 9.80 Å². The lowest BCUT2D eigenvalue weighted by atomic mass is 10.3. The first-order valence-electron chi connectivity index (χ1n) is 15.0. The highest BCUT2D eigenvalue weighted by Gasteiger charge is 2.16. The molecule has 8 nitrogen and oxygen atoms in total. The number of likely N-dealkylation sites (tertiary alicyclic amines) is 1. The minimum Gasteiger partial charge on any atom is -0.395 e. The Morgan fingerprint density at radius 3 is 1.33 bits per heavy atom. The van der Waals surface area contributed by atoms with Crippen LogP contribution in [0.5, 0.6) is 0 Å². The lowest BCUT2D eigenvalue weighted by Crippen LogP contribution is -2.45. The van der Waals surface area contributed by atoms with Crippen LogP contribution in [-0.4, -0.2) is 157 Å². The van der Waals surface area contributed by atoms with Crippen molar-refractivity contribution in [2.75, 3.05) is 105 Å². The van der Waals surface area contributed by atoms with Gasteiger partial charge in [-0.1, -0.05) is 41.5 Å². The fourth-order valence-corrected chi connectivity index (χ4v) is 4.47. The molecular weight excluding hydrogens is 454 g/mol. The fraction of sp³-hybridized carbons (Fsp3) is 1.00. The summed E-state index contributed by atoms with van der Waals surface area (Å²) < 4.78 is 0. The maximum atomic E-state index is 9.94. The van der Waals surface area contributed by atoms with E-state index in [4.69, 9.17) is 0 Å². The summed E-state index contributed by atoms with van der Waals surface area (Å²) in [6.45, 7) is 30.6. The molecule has 2 atom stereocenters. The first-order valence-corrected chi connectivity index (χ1v) is 15.0. The van der Waals surface area contributed by atoms with Gasteiger partial charge in [-0.2, -0.15) is 0 Å².